The van der Waals surface area contributed by atoms with Gasteiger partial charge in [0.1, 0.15) is 29.0 Å². The number of hydrogen-bond acceptors (Lipinski definition) is 4. The molecule has 1 aromatic carbocycles. The lowest BCUT2D eigenvalue weighted by atomic mass is 9.90. The first kappa shape index (κ1) is 20.5. The molecule has 26 heavy (non-hydrogen) atoms. The lowest BCUT2D eigenvalue weighted by molar-refractivity contribution is -0.148. The number of rotatable bonds is 4. The van der Waals surface area contributed by atoms with Crippen molar-refractivity contribution in [2.24, 2.45) is 0 Å². The van der Waals surface area contributed by atoms with Crippen LogP contribution in [0.3, 0.4) is 0 Å². The lowest BCUT2D eigenvalue weighted by Crippen LogP contribution is -2.57. The van der Waals surface area contributed by atoms with Gasteiger partial charge in [-0.1, -0.05) is 6.07 Å². The van der Waals surface area contributed by atoms with E-state index in [0.717, 1.165) is 17.0 Å². The van der Waals surface area contributed by atoms with Crippen molar-refractivity contribution < 1.29 is 23.1 Å². The SMILES string of the molecule is COC1(C(=O)NC2CCN(c3c(F)cccc3F)C2=O)CCNCC1.Cl. The van der Waals surface area contributed by atoms with Crippen LogP contribution in [0.4, 0.5) is 14.5 Å². The molecule has 2 N–H and O–H groups in total. The molecule has 0 spiro atoms. The van der Waals surface area contributed by atoms with Crippen molar-refractivity contribution in [3.8, 4) is 0 Å². The van der Waals surface area contributed by atoms with Crippen molar-refractivity contribution in [3.05, 3.63) is 29.8 Å². The molecular formula is C17H22ClF2N3O3. The average Bonchev–Trinajstić information content (AvgIpc) is 2.96. The minimum Gasteiger partial charge on any atom is -0.368 e. The topological polar surface area (TPSA) is 70.7 Å². The molecule has 1 unspecified atom stereocenters. The van der Waals surface area contributed by atoms with Gasteiger partial charge in [-0.25, -0.2) is 8.78 Å². The molecule has 1 aromatic rings. The van der Waals surface area contributed by atoms with Gasteiger partial charge in [-0.2, -0.15) is 0 Å². The van der Waals surface area contributed by atoms with Crippen LogP contribution in [0.5, 0.6) is 0 Å². The second kappa shape index (κ2) is 8.28. The summed E-state index contributed by atoms with van der Waals surface area (Å²) in [5, 5.41) is 5.85. The standard InChI is InChI=1S/C17H21F2N3O3.ClH/c1-25-17(6-8-20-9-7-17)16(24)21-13-5-10-22(15(13)23)14-11(18)3-2-4-12(14)19;/h2-4,13,20H,5-10H2,1H3,(H,21,24);1H. The summed E-state index contributed by atoms with van der Waals surface area (Å²) in [6.45, 7) is 1.43. The Morgan fingerprint density at radius 2 is 1.92 bits per heavy atom. The maximum Gasteiger partial charge on any atom is 0.252 e. The number of methoxy groups -OCH3 is 1. The van der Waals surface area contributed by atoms with Gasteiger partial charge in [0.05, 0.1) is 0 Å². The van der Waals surface area contributed by atoms with Crippen molar-refractivity contribution in [3.63, 3.8) is 0 Å². The third kappa shape index (κ3) is 3.67. The number of anilines is 1. The molecule has 0 bridgehead atoms. The van der Waals surface area contributed by atoms with E-state index in [4.69, 9.17) is 4.74 Å². The van der Waals surface area contributed by atoms with E-state index >= 15 is 0 Å². The molecule has 0 radical (unpaired) electrons. The Balaban J connectivity index is 0.00000243. The number of hydrogen-bond donors (Lipinski definition) is 2. The molecule has 1 atom stereocenters. The first-order valence-electron chi connectivity index (χ1n) is 8.31. The summed E-state index contributed by atoms with van der Waals surface area (Å²) in [5.41, 5.74) is -1.34. The maximum atomic E-state index is 13.9. The van der Waals surface area contributed by atoms with E-state index in [1.54, 1.807) is 0 Å². The summed E-state index contributed by atoms with van der Waals surface area (Å²) in [6.07, 6.45) is 1.29. The van der Waals surface area contributed by atoms with Crippen molar-refractivity contribution >= 4 is 29.9 Å². The van der Waals surface area contributed by atoms with Gasteiger partial charge < -0.3 is 20.3 Å². The van der Waals surface area contributed by atoms with Crippen molar-refractivity contribution in [1.82, 2.24) is 10.6 Å². The molecule has 0 saturated carbocycles. The van der Waals surface area contributed by atoms with Gasteiger partial charge in [-0.05, 0) is 44.5 Å². The van der Waals surface area contributed by atoms with E-state index in [9.17, 15) is 18.4 Å². The Morgan fingerprint density at radius 3 is 2.50 bits per heavy atom. The maximum absolute atomic E-state index is 13.9. The van der Waals surface area contributed by atoms with Gasteiger partial charge in [0.2, 0.25) is 5.91 Å². The van der Waals surface area contributed by atoms with Crippen LogP contribution in [0.15, 0.2) is 18.2 Å². The number of amides is 2. The molecule has 2 amide bonds. The zero-order chi connectivity index (χ0) is 18.0. The van der Waals surface area contributed by atoms with E-state index in [1.807, 2.05) is 0 Å². The van der Waals surface area contributed by atoms with Gasteiger partial charge in [0.25, 0.3) is 5.91 Å². The highest BCUT2D eigenvalue weighted by Gasteiger charge is 2.43. The van der Waals surface area contributed by atoms with Crippen LogP contribution in [-0.4, -0.2) is 50.2 Å². The fourth-order valence-corrected chi connectivity index (χ4v) is 3.43. The van der Waals surface area contributed by atoms with E-state index in [-0.39, 0.29) is 37.0 Å². The summed E-state index contributed by atoms with van der Waals surface area (Å²) in [5.74, 6) is -2.47. The monoisotopic (exact) mass is 389 g/mol. The Bertz CT molecular complexity index is 663. The summed E-state index contributed by atoms with van der Waals surface area (Å²) in [7, 11) is 1.47. The van der Waals surface area contributed by atoms with Crippen molar-refractivity contribution in [2.45, 2.75) is 30.9 Å². The smallest absolute Gasteiger partial charge is 0.252 e. The number of nitrogens with one attached hydrogen (secondary N) is 2. The third-order valence-electron chi connectivity index (χ3n) is 4.93. The summed E-state index contributed by atoms with van der Waals surface area (Å²) in [6, 6.07) is 2.64. The van der Waals surface area contributed by atoms with Crippen LogP contribution < -0.4 is 15.5 Å². The number of carbonyl (C=O) groups excluding carboxylic acids is 2. The number of halogens is 3. The molecule has 6 nitrogen and oxygen atoms in total. The predicted molar refractivity (Wildman–Crippen MR) is 94.4 cm³/mol. The van der Waals surface area contributed by atoms with E-state index in [1.165, 1.54) is 13.2 Å². The summed E-state index contributed by atoms with van der Waals surface area (Å²) in [4.78, 5) is 26.2. The molecule has 2 saturated heterocycles. The Labute approximate surface area is 156 Å². The molecule has 2 aliphatic rings. The Hall–Kier alpha value is -1.77. The molecule has 2 heterocycles. The molecule has 144 valence electrons. The number of para-hydroxylation sites is 1. The highest BCUT2D eigenvalue weighted by molar-refractivity contribution is 6.02. The van der Waals surface area contributed by atoms with Crippen LogP contribution in [0.1, 0.15) is 19.3 Å². The van der Waals surface area contributed by atoms with Crippen LogP contribution in [-0.2, 0) is 14.3 Å². The van der Waals surface area contributed by atoms with Gasteiger partial charge in [0.15, 0.2) is 0 Å². The fraction of sp³-hybridized carbons (Fsp3) is 0.529. The van der Waals surface area contributed by atoms with Gasteiger partial charge in [-0.3, -0.25) is 9.59 Å². The molecular weight excluding hydrogens is 368 g/mol. The predicted octanol–water partition coefficient (Wildman–Crippen LogP) is 1.38. The fourth-order valence-electron chi connectivity index (χ4n) is 3.43. The van der Waals surface area contributed by atoms with Crippen LogP contribution in [0.2, 0.25) is 0 Å². The molecule has 0 aromatic heterocycles. The van der Waals surface area contributed by atoms with Crippen LogP contribution in [0.25, 0.3) is 0 Å². The van der Waals surface area contributed by atoms with Gasteiger partial charge in [0, 0.05) is 13.7 Å². The molecule has 2 fully saturated rings. The molecule has 9 heteroatoms. The minimum atomic E-state index is -0.970. The second-order valence-corrected chi connectivity index (χ2v) is 6.32. The van der Waals surface area contributed by atoms with Crippen LogP contribution in [0, 0.1) is 11.6 Å². The van der Waals surface area contributed by atoms with E-state index in [0.29, 0.717) is 25.9 Å². The largest absolute Gasteiger partial charge is 0.368 e. The molecule has 3 rings (SSSR count). The number of benzene rings is 1. The number of carbonyl (C=O) groups is 2. The zero-order valence-electron chi connectivity index (χ0n) is 14.4. The summed E-state index contributed by atoms with van der Waals surface area (Å²) >= 11 is 0. The van der Waals surface area contributed by atoms with E-state index in [2.05, 4.69) is 10.6 Å². The van der Waals surface area contributed by atoms with Crippen LogP contribution >= 0.6 is 12.4 Å². The minimum absolute atomic E-state index is 0. The van der Waals surface area contributed by atoms with Crippen molar-refractivity contribution in [1.29, 1.82) is 0 Å². The number of ether oxygens (including phenoxy) is 1. The van der Waals surface area contributed by atoms with Crippen molar-refractivity contribution in [2.75, 3.05) is 31.6 Å². The summed E-state index contributed by atoms with van der Waals surface area (Å²) < 4.78 is 33.3. The number of piperidine rings is 1. The normalized spacial score (nSPS) is 22.0. The van der Waals surface area contributed by atoms with Gasteiger partial charge in [-0.15, -0.1) is 12.4 Å². The molecule has 0 aliphatic carbocycles. The lowest BCUT2D eigenvalue weighted by Gasteiger charge is -2.35. The zero-order valence-corrected chi connectivity index (χ0v) is 15.2. The Kier molecular flexibility index (Phi) is 6.54. The second-order valence-electron chi connectivity index (χ2n) is 6.32. The number of nitrogens with zero attached hydrogens (tertiary/aromatic N) is 1. The third-order valence-corrected chi connectivity index (χ3v) is 4.93. The van der Waals surface area contributed by atoms with E-state index < -0.39 is 29.2 Å². The first-order chi connectivity index (χ1) is 12.0. The average molecular weight is 390 g/mol. The highest BCUT2D eigenvalue weighted by Crippen LogP contribution is 2.28. The first-order valence-corrected chi connectivity index (χ1v) is 8.31. The Morgan fingerprint density at radius 1 is 1.31 bits per heavy atom. The van der Waals surface area contributed by atoms with Gasteiger partial charge >= 0.3 is 0 Å². The molecule has 2 aliphatic heterocycles. The quantitative estimate of drug-likeness (QED) is 0.816. The highest BCUT2D eigenvalue weighted by atomic mass is 35.5.